The van der Waals surface area contributed by atoms with Gasteiger partial charge in [-0.2, -0.15) is 0 Å². The quantitative estimate of drug-likeness (QED) is 0.351. The van der Waals surface area contributed by atoms with Crippen LogP contribution in [0.25, 0.3) is 0 Å². The van der Waals surface area contributed by atoms with Crippen molar-refractivity contribution in [2.75, 3.05) is 0 Å². The fourth-order valence-corrected chi connectivity index (χ4v) is 6.73. The second-order valence-corrected chi connectivity index (χ2v) is 10.1. The van der Waals surface area contributed by atoms with E-state index in [1.807, 2.05) is 11.8 Å². The van der Waals surface area contributed by atoms with Gasteiger partial charge < -0.3 is 0 Å². The van der Waals surface area contributed by atoms with Crippen molar-refractivity contribution in [2.45, 2.75) is 50.7 Å². The Morgan fingerprint density at radius 2 is 1.17 bits per heavy atom. The highest BCUT2D eigenvalue weighted by Gasteiger charge is 2.37. The van der Waals surface area contributed by atoms with Gasteiger partial charge in [0.1, 0.15) is 10.9 Å². The summed E-state index contributed by atoms with van der Waals surface area (Å²) in [5.74, 6) is 0. The zero-order chi connectivity index (χ0) is 16.7. The topological polar surface area (TPSA) is 0 Å². The van der Waals surface area contributed by atoms with Crippen molar-refractivity contribution < 1.29 is 0 Å². The van der Waals surface area contributed by atoms with Crippen LogP contribution in [0.3, 0.4) is 0 Å². The van der Waals surface area contributed by atoms with Crippen molar-refractivity contribution in [3.8, 4) is 0 Å². The van der Waals surface area contributed by atoms with Gasteiger partial charge in [-0.05, 0) is 47.4 Å². The Hall–Kier alpha value is -1.64. The molecule has 120 valence electrons. The van der Waals surface area contributed by atoms with E-state index in [-0.39, 0.29) is 16.3 Å². The van der Waals surface area contributed by atoms with Gasteiger partial charge in [-0.25, -0.2) is 0 Å². The van der Waals surface area contributed by atoms with E-state index in [2.05, 4.69) is 93.6 Å². The van der Waals surface area contributed by atoms with Gasteiger partial charge in [0.25, 0.3) is 0 Å². The number of benzene rings is 3. The number of rotatable bonds is 1. The van der Waals surface area contributed by atoms with Crippen LogP contribution in [0.1, 0.15) is 26.3 Å². The lowest BCUT2D eigenvalue weighted by Crippen LogP contribution is -2.13. The highest BCUT2D eigenvalue weighted by molar-refractivity contribution is 8.04. The van der Waals surface area contributed by atoms with Crippen molar-refractivity contribution in [1.29, 1.82) is 0 Å². The van der Waals surface area contributed by atoms with Crippen LogP contribution in [0.2, 0.25) is 0 Å². The van der Waals surface area contributed by atoms with Crippen LogP contribution in [0, 0.1) is 0 Å². The van der Waals surface area contributed by atoms with Gasteiger partial charge in [0.05, 0.1) is 9.79 Å². The average Bonchev–Trinajstić information content (AvgIpc) is 2.59. The molecule has 0 unspecified atom stereocenters. The summed E-state index contributed by atoms with van der Waals surface area (Å²) >= 11 is 1.90. The molecule has 24 heavy (non-hydrogen) atoms. The van der Waals surface area contributed by atoms with E-state index in [1.54, 1.807) is 0 Å². The fraction of sp³-hybridized carbons (Fsp3) is 0.182. The molecule has 0 bridgehead atoms. The minimum Gasteiger partial charge on any atom is -0.0795 e. The van der Waals surface area contributed by atoms with Crippen LogP contribution in [-0.4, -0.2) is 0 Å². The predicted octanol–water partition coefficient (Wildman–Crippen LogP) is 6.54. The Morgan fingerprint density at radius 1 is 0.667 bits per heavy atom. The normalized spacial score (nSPS) is 14.1. The van der Waals surface area contributed by atoms with E-state index in [4.69, 9.17) is 0 Å². The van der Waals surface area contributed by atoms with E-state index >= 15 is 0 Å². The Morgan fingerprint density at radius 3 is 1.67 bits per heavy atom. The fourth-order valence-electron chi connectivity index (χ4n) is 2.99. The molecule has 0 nitrogen and oxygen atoms in total. The van der Waals surface area contributed by atoms with Crippen LogP contribution in [0.4, 0.5) is 0 Å². The summed E-state index contributed by atoms with van der Waals surface area (Å²) in [5.41, 5.74) is 1.59. The highest BCUT2D eigenvalue weighted by Crippen LogP contribution is 2.48. The van der Waals surface area contributed by atoms with Gasteiger partial charge in [0.2, 0.25) is 0 Å². The number of hydrogen-bond acceptors (Lipinski definition) is 1. The van der Waals surface area contributed by atoms with Crippen LogP contribution in [-0.2, 0) is 16.3 Å². The highest BCUT2D eigenvalue weighted by atomic mass is 32.2. The molecule has 0 fully saturated rings. The molecule has 3 aromatic rings. The Kier molecular flexibility index (Phi) is 3.98. The summed E-state index contributed by atoms with van der Waals surface area (Å²) in [6.07, 6.45) is 0. The zero-order valence-corrected chi connectivity index (χ0v) is 15.9. The average molecular weight is 350 g/mol. The van der Waals surface area contributed by atoms with Gasteiger partial charge in [-0.3, -0.25) is 0 Å². The van der Waals surface area contributed by atoms with Crippen molar-refractivity contribution in [3.05, 3.63) is 78.4 Å². The van der Waals surface area contributed by atoms with E-state index < -0.39 is 0 Å². The van der Waals surface area contributed by atoms with Crippen molar-refractivity contribution in [3.63, 3.8) is 0 Å². The molecule has 0 radical (unpaired) electrons. The molecule has 0 amide bonds. The maximum atomic E-state index is 2.33. The molecule has 1 heterocycles. The van der Waals surface area contributed by atoms with Gasteiger partial charge in [0, 0.05) is 0 Å². The summed E-state index contributed by atoms with van der Waals surface area (Å²) in [6, 6.07) is 26.9. The summed E-state index contributed by atoms with van der Waals surface area (Å²) in [4.78, 5) is 7.08. The molecule has 0 N–H and O–H groups in total. The van der Waals surface area contributed by atoms with E-state index in [1.165, 1.54) is 30.0 Å². The zero-order valence-electron chi connectivity index (χ0n) is 14.2. The lowest BCUT2D eigenvalue weighted by molar-refractivity contribution is 0.589. The maximum absolute atomic E-state index is 2.33. The maximum Gasteiger partial charge on any atom is 0.180 e. The number of fused-ring (bicyclic) bond motifs is 2. The van der Waals surface area contributed by atoms with Crippen LogP contribution >= 0.6 is 11.8 Å². The van der Waals surface area contributed by atoms with Crippen LogP contribution in [0.5, 0.6) is 0 Å². The predicted molar refractivity (Wildman–Crippen MR) is 104 cm³/mol. The van der Waals surface area contributed by atoms with Crippen molar-refractivity contribution in [1.82, 2.24) is 0 Å². The minimum atomic E-state index is -0.0138. The first-order valence-corrected chi connectivity index (χ1v) is 10.3. The van der Waals surface area contributed by atoms with Crippen LogP contribution < -0.4 is 0 Å². The van der Waals surface area contributed by atoms with E-state index in [0.717, 1.165) is 0 Å². The summed E-state index contributed by atoms with van der Waals surface area (Å²) in [7, 11) is -0.0138. The first-order valence-electron chi connectivity index (χ1n) is 8.25. The lowest BCUT2D eigenvalue weighted by atomic mass is 9.87. The molecule has 0 atom stereocenters. The third-order valence-electron chi connectivity index (χ3n) is 4.31. The number of hydrogen-bond donors (Lipinski definition) is 0. The van der Waals surface area contributed by atoms with E-state index in [9.17, 15) is 0 Å². The van der Waals surface area contributed by atoms with Gasteiger partial charge in [-0.15, -0.1) is 0 Å². The van der Waals surface area contributed by atoms with Gasteiger partial charge in [0.15, 0.2) is 14.7 Å². The van der Waals surface area contributed by atoms with Gasteiger partial charge in [-0.1, -0.05) is 68.9 Å². The molecule has 4 rings (SSSR count). The molecule has 0 spiro atoms. The second-order valence-electron chi connectivity index (χ2n) is 7.08. The standard InChI is InChI=1S/C22H21S2/c1-22(2,3)16-12-14-17(15-13-16)24-20-10-6-4-8-18(20)23-19-9-5-7-11-21(19)24/h4-15H,1-3H3/q+1. The van der Waals surface area contributed by atoms with E-state index in [0.29, 0.717) is 0 Å². The smallest absolute Gasteiger partial charge is 0.0795 e. The molecule has 0 aliphatic carbocycles. The van der Waals surface area contributed by atoms with Crippen molar-refractivity contribution in [2.24, 2.45) is 0 Å². The second kappa shape index (κ2) is 6.02. The third kappa shape index (κ3) is 2.78. The lowest BCUT2D eigenvalue weighted by Gasteiger charge is -2.21. The Balaban J connectivity index is 1.86. The first-order chi connectivity index (χ1) is 11.5. The molecular formula is C22H21S2+. The molecule has 1 aliphatic heterocycles. The van der Waals surface area contributed by atoms with Gasteiger partial charge >= 0.3 is 0 Å². The SMILES string of the molecule is CC(C)(C)c1ccc([S+]2c3ccccc3Sc3ccccc32)cc1. The Labute approximate surface area is 151 Å². The molecule has 0 saturated heterocycles. The summed E-state index contributed by atoms with van der Waals surface area (Å²) in [6.45, 7) is 6.81. The van der Waals surface area contributed by atoms with Crippen LogP contribution in [0.15, 0.2) is 97.3 Å². The molecule has 2 heteroatoms. The monoisotopic (exact) mass is 349 g/mol. The third-order valence-corrected chi connectivity index (χ3v) is 8.06. The molecule has 0 aromatic heterocycles. The largest absolute Gasteiger partial charge is 0.180 e. The summed E-state index contributed by atoms with van der Waals surface area (Å²) in [5, 5.41) is 0. The van der Waals surface area contributed by atoms with Crippen molar-refractivity contribution >= 4 is 22.7 Å². The molecule has 0 saturated carbocycles. The molecular weight excluding hydrogens is 328 g/mol. The minimum absolute atomic E-state index is 0.0138. The molecule has 1 aliphatic rings. The first kappa shape index (κ1) is 15.9. The summed E-state index contributed by atoms with van der Waals surface area (Å²) < 4.78 is 0. The Bertz CT molecular complexity index is 827. The molecule has 3 aromatic carbocycles.